The third-order valence-corrected chi connectivity index (χ3v) is 6.06. The van der Waals surface area contributed by atoms with Crippen LogP contribution in [0.4, 0.5) is 0 Å². The lowest BCUT2D eigenvalue weighted by atomic mass is 9.99. The molecule has 3 rings (SSSR count). The predicted octanol–water partition coefficient (Wildman–Crippen LogP) is 0.589. The van der Waals surface area contributed by atoms with Gasteiger partial charge in [0.2, 0.25) is 6.29 Å². The van der Waals surface area contributed by atoms with Gasteiger partial charge in [0.25, 0.3) is 0 Å². The summed E-state index contributed by atoms with van der Waals surface area (Å²) in [6.45, 7) is -0.569. The van der Waals surface area contributed by atoms with Gasteiger partial charge >= 0.3 is 0 Å². The summed E-state index contributed by atoms with van der Waals surface area (Å²) >= 11 is 6.27. The van der Waals surface area contributed by atoms with Crippen molar-refractivity contribution in [2.45, 2.75) is 35.6 Å². The Labute approximate surface area is 172 Å². The van der Waals surface area contributed by atoms with E-state index in [2.05, 4.69) is 0 Å². The summed E-state index contributed by atoms with van der Waals surface area (Å²) in [5.41, 5.74) is 1.44. The minimum Gasteiger partial charge on any atom is -0.460 e. The molecule has 0 bridgehead atoms. The first-order chi connectivity index (χ1) is 13.6. The highest BCUT2D eigenvalue weighted by molar-refractivity contribution is 7.90. The van der Waals surface area contributed by atoms with E-state index in [1.165, 1.54) is 18.2 Å². The smallest absolute Gasteiger partial charge is 0.229 e. The zero-order chi connectivity index (χ0) is 21.3. The minimum atomic E-state index is -3.29. The molecule has 0 spiro atoms. The van der Waals surface area contributed by atoms with Crippen LogP contribution in [-0.2, 0) is 14.6 Å². The second kappa shape index (κ2) is 8.57. The molecule has 1 aliphatic heterocycles. The van der Waals surface area contributed by atoms with Crippen molar-refractivity contribution in [3.63, 3.8) is 0 Å². The van der Waals surface area contributed by atoms with Crippen LogP contribution in [0.1, 0.15) is 0 Å². The van der Waals surface area contributed by atoms with Gasteiger partial charge in [-0.2, -0.15) is 0 Å². The number of ether oxygens (including phenoxy) is 2. The van der Waals surface area contributed by atoms with Gasteiger partial charge in [0.15, 0.2) is 9.84 Å². The topological polar surface area (TPSA) is 134 Å². The van der Waals surface area contributed by atoms with Gasteiger partial charge < -0.3 is 29.9 Å². The van der Waals surface area contributed by atoms with E-state index >= 15 is 0 Å². The summed E-state index contributed by atoms with van der Waals surface area (Å²) in [6, 6.07) is 11.1. The SMILES string of the molecule is CS(=O)(=O)c1ccc(-c2ccc(O[C@H]3O[C@H](CO)[C@@H](O)[C@H](O)[C@@H]3O)c(Cl)c2)cc1. The van der Waals surface area contributed by atoms with Gasteiger partial charge in [0.05, 0.1) is 16.5 Å². The van der Waals surface area contributed by atoms with E-state index in [0.29, 0.717) is 5.56 Å². The number of rotatable bonds is 5. The number of aliphatic hydroxyl groups excluding tert-OH is 4. The van der Waals surface area contributed by atoms with Gasteiger partial charge in [-0.25, -0.2) is 8.42 Å². The van der Waals surface area contributed by atoms with Gasteiger partial charge in [0, 0.05) is 6.26 Å². The maximum absolute atomic E-state index is 11.6. The van der Waals surface area contributed by atoms with E-state index in [4.69, 9.17) is 21.1 Å². The van der Waals surface area contributed by atoms with Crippen molar-refractivity contribution < 1.29 is 38.3 Å². The van der Waals surface area contributed by atoms with Crippen molar-refractivity contribution in [2.24, 2.45) is 0 Å². The molecule has 10 heteroatoms. The number of benzene rings is 2. The molecule has 1 fully saturated rings. The van der Waals surface area contributed by atoms with Crippen LogP contribution in [0.15, 0.2) is 47.4 Å². The summed E-state index contributed by atoms with van der Waals surface area (Å²) in [7, 11) is -3.29. The van der Waals surface area contributed by atoms with Gasteiger partial charge in [0.1, 0.15) is 30.2 Å². The van der Waals surface area contributed by atoms with Crippen molar-refractivity contribution in [1.82, 2.24) is 0 Å². The van der Waals surface area contributed by atoms with Gasteiger partial charge in [-0.1, -0.05) is 29.8 Å². The molecular formula is C19H21ClO8S. The molecule has 5 atom stereocenters. The van der Waals surface area contributed by atoms with Gasteiger partial charge in [-0.05, 0) is 35.4 Å². The first-order valence-corrected chi connectivity index (χ1v) is 11.0. The molecule has 2 aromatic rings. The second-order valence-electron chi connectivity index (χ2n) is 6.76. The first kappa shape index (κ1) is 22.0. The van der Waals surface area contributed by atoms with Crippen molar-refractivity contribution in [3.05, 3.63) is 47.5 Å². The monoisotopic (exact) mass is 444 g/mol. The number of halogens is 1. The average molecular weight is 445 g/mol. The molecule has 0 unspecified atom stereocenters. The summed E-state index contributed by atoms with van der Waals surface area (Å²) < 4.78 is 34.0. The highest BCUT2D eigenvalue weighted by Gasteiger charge is 2.44. The lowest BCUT2D eigenvalue weighted by Gasteiger charge is -2.39. The quantitative estimate of drug-likeness (QED) is 0.526. The first-order valence-electron chi connectivity index (χ1n) is 8.69. The fourth-order valence-electron chi connectivity index (χ4n) is 2.96. The third kappa shape index (κ3) is 4.72. The number of sulfone groups is 1. The molecule has 1 aliphatic rings. The highest BCUT2D eigenvalue weighted by Crippen LogP contribution is 2.33. The summed E-state index contributed by atoms with van der Waals surface area (Å²) in [6.07, 6.45) is -5.90. The standard InChI is InChI=1S/C19H21ClO8S/c1-29(25,26)12-5-2-10(3-6-12)11-4-7-14(13(20)8-11)27-19-18(24)17(23)16(22)15(9-21)28-19/h2-8,15-19,21-24H,9H2,1H3/t15-,16-,17+,18+,19+/m1/s1. The largest absolute Gasteiger partial charge is 0.460 e. The molecule has 0 amide bonds. The van der Waals surface area contributed by atoms with Crippen LogP contribution in [0.25, 0.3) is 11.1 Å². The summed E-state index contributed by atoms with van der Waals surface area (Å²) in [5.74, 6) is 0.160. The Hall–Kier alpha value is -1.72. The Bertz CT molecular complexity index is 961. The van der Waals surface area contributed by atoms with E-state index in [1.807, 2.05) is 0 Å². The normalized spacial score (nSPS) is 27.6. The molecule has 1 heterocycles. The molecular weight excluding hydrogens is 424 g/mol. The maximum Gasteiger partial charge on any atom is 0.229 e. The molecule has 2 aromatic carbocycles. The molecule has 0 radical (unpaired) electrons. The third-order valence-electron chi connectivity index (χ3n) is 4.64. The van der Waals surface area contributed by atoms with E-state index in [9.17, 15) is 28.8 Å². The summed E-state index contributed by atoms with van der Waals surface area (Å²) in [4.78, 5) is 0.204. The predicted molar refractivity (Wildman–Crippen MR) is 104 cm³/mol. The Balaban J connectivity index is 1.79. The van der Waals surface area contributed by atoms with E-state index in [0.717, 1.165) is 11.8 Å². The number of hydrogen-bond acceptors (Lipinski definition) is 8. The Morgan fingerprint density at radius 1 is 1.00 bits per heavy atom. The van der Waals surface area contributed by atoms with Crippen molar-refractivity contribution in [3.8, 4) is 16.9 Å². The van der Waals surface area contributed by atoms with E-state index in [-0.39, 0.29) is 15.7 Å². The molecule has 1 saturated heterocycles. The van der Waals surface area contributed by atoms with Crippen molar-refractivity contribution in [1.29, 1.82) is 0 Å². The van der Waals surface area contributed by atoms with Gasteiger partial charge in [-0.15, -0.1) is 0 Å². The Kier molecular flexibility index (Phi) is 6.49. The van der Waals surface area contributed by atoms with Crippen LogP contribution in [0.3, 0.4) is 0 Å². The molecule has 29 heavy (non-hydrogen) atoms. The second-order valence-corrected chi connectivity index (χ2v) is 9.18. The van der Waals surface area contributed by atoms with Crippen LogP contribution in [-0.4, -0.2) is 72.4 Å². The van der Waals surface area contributed by atoms with Crippen molar-refractivity contribution >= 4 is 21.4 Å². The van der Waals surface area contributed by atoms with Crippen LogP contribution in [0.2, 0.25) is 5.02 Å². The van der Waals surface area contributed by atoms with Crippen LogP contribution >= 0.6 is 11.6 Å². The van der Waals surface area contributed by atoms with E-state index < -0.39 is 47.2 Å². The summed E-state index contributed by atoms with van der Waals surface area (Å²) in [5, 5.41) is 39.1. The van der Waals surface area contributed by atoms with Gasteiger partial charge in [-0.3, -0.25) is 0 Å². The Morgan fingerprint density at radius 3 is 2.17 bits per heavy atom. The fourth-order valence-corrected chi connectivity index (χ4v) is 3.82. The fraction of sp³-hybridized carbons (Fsp3) is 0.368. The van der Waals surface area contributed by atoms with Crippen LogP contribution in [0, 0.1) is 0 Å². The van der Waals surface area contributed by atoms with E-state index in [1.54, 1.807) is 24.3 Å². The zero-order valence-electron chi connectivity index (χ0n) is 15.3. The average Bonchev–Trinajstić information content (AvgIpc) is 2.69. The van der Waals surface area contributed by atoms with Crippen molar-refractivity contribution in [2.75, 3.05) is 12.9 Å². The molecule has 4 N–H and O–H groups in total. The molecule has 158 valence electrons. The lowest BCUT2D eigenvalue weighted by Crippen LogP contribution is -2.60. The Morgan fingerprint density at radius 2 is 1.62 bits per heavy atom. The number of aliphatic hydroxyl groups is 4. The maximum atomic E-state index is 11.6. The molecule has 0 aliphatic carbocycles. The molecule has 8 nitrogen and oxygen atoms in total. The number of hydrogen-bond donors (Lipinski definition) is 4. The lowest BCUT2D eigenvalue weighted by molar-refractivity contribution is -0.277. The molecule has 0 saturated carbocycles. The highest BCUT2D eigenvalue weighted by atomic mass is 35.5. The zero-order valence-corrected chi connectivity index (χ0v) is 16.9. The van der Waals surface area contributed by atoms with Crippen LogP contribution < -0.4 is 4.74 Å². The van der Waals surface area contributed by atoms with Crippen LogP contribution in [0.5, 0.6) is 5.75 Å². The minimum absolute atomic E-state index is 0.160. The molecule has 0 aromatic heterocycles.